The van der Waals surface area contributed by atoms with Crippen molar-refractivity contribution >= 4 is 48.8 Å². The molecule has 0 atom stereocenters. The molecule has 4 rings (SSSR count). The van der Waals surface area contributed by atoms with Crippen LogP contribution in [0.25, 0.3) is 21.5 Å². The number of hydrogen-bond acceptors (Lipinski definition) is 4. The zero-order chi connectivity index (χ0) is 23.4. The number of amides is 2. The average Bonchev–Trinajstić information content (AvgIpc) is 2.81. The molecule has 0 aromatic heterocycles. The topological polar surface area (TPSA) is 78.5 Å². The lowest BCUT2D eigenvalue weighted by atomic mass is 10.1. The van der Waals surface area contributed by atoms with Gasteiger partial charge in [0.05, 0.1) is 10.6 Å². The number of hydrogen-bond donors (Lipinski definition) is 2. The summed E-state index contributed by atoms with van der Waals surface area (Å²) in [6, 6.07) is 24.3. The molecular formula is C26H27N3O3S. The van der Waals surface area contributed by atoms with Gasteiger partial charge < -0.3 is 15.5 Å². The predicted molar refractivity (Wildman–Crippen MR) is 136 cm³/mol. The molecule has 0 saturated heterocycles. The van der Waals surface area contributed by atoms with E-state index in [1.807, 2.05) is 85.7 Å². The van der Waals surface area contributed by atoms with Gasteiger partial charge >= 0.3 is 6.03 Å². The van der Waals surface area contributed by atoms with Crippen LogP contribution in [-0.4, -0.2) is 40.8 Å². The molecule has 170 valence electrons. The summed E-state index contributed by atoms with van der Waals surface area (Å²) >= 11 is 0. The van der Waals surface area contributed by atoms with Crippen molar-refractivity contribution in [1.82, 2.24) is 5.32 Å². The first kappa shape index (κ1) is 22.6. The van der Waals surface area contributed by atoms with Gasteiger partial charge in [0, 0.05) is 42.8 Å². The van der Waals surface area contributed by atoms with Crippen LogP contribution in [0.15, 0.2) is 83.8 Å². The van der Waals surface area contributed by atoms with Gasteiger partial charge in [-0.3, -0.25) is 0 Å². The highest BCUT2D eigenvalue weighted by Gasteiger charge is 2.18. The molecule has 4 aromatic carbocycles. The van der Waals surface area contributed by atoms with Crippen molar-refractivity contribution in [3.63, 3.8) is 0 Å². The third kappa shape index (κ3) is 5.09. The second kappa shape index (κ2) is 9.50. The van der Waals surface area contributed by atoms with Gasteiger partial charge in [-0.2, -0.15) is 0 Å². The lowest BCUT2D eigenvalue weighted by Crippen LogP contribution is -2.30. The number of anilines is 2. The summed E-state index contributed by atoms with van der Waals surface area (Å²) in [5.74, 6) is -0.0471. The van der Waals surface area contributed by atoms with Crippen LogP contribution in [0.1, 0.15) is 6.42 Å². The van der Waals surface area contributed by atoms with Crippen molar-refractivity contribution in [2.75, 3.05) is 36.6 Å². The van der Waals surface area contributed by atoms with Crippen molar-refractivity contribution in [2.45, 2.75) is 11.3 Å². The second-order valence-electron chi connectivity index (χ2n) is 8.14. The molecule has 0 radical (unpaired) electrons. The molecule has 0 aliphatic heterocycles. The maximum Gasteiger partial charge on any atom is 0.319 e. The van der Waals surface area contributed by atoms with E-state index in [-0.39, 0.29) is 18.3 Å². The van der Waals surface area contributed by atoms with Crippen LogP contribution in [0.4, 0.5) is 16.2 Å². The fourth-order valence-corrected chi connectivity index (χ4v) is 5.49. The largest absolute Gasteiger partial charge is 0.377 e. The van der Waals surface area contributed by atoms with Gasteiger partial charge in [-0.1, -0.05) is 54.6 Å². The van der Waals surface area contributed by atoms with E-state index in [0.717, 1.165) is 21.8 Å². The minimum atomic E-state index is -3.50. The molecule has 0 fully saturated rings. The molecule has 2 amide bonds. The van der Waals surface area contributed by atoms with Crippen molar-refractivity contribution in [2.24, 2.45) is 0 Å². The summed E-state index contributed by atoms with van der Waals surface area (Å²) in [5, 5.41) is 9.29. The summed E-state index contributed by atoms with van der Waals surface area (Å²) in [7, 11) is 0.369. The number of benzene rings is 4. The van der Waals surface area contributed by atoms with Crippen molar-refractivity contribution in [1.29, 1.82) is 0 Å². The van der Waals surface area contributed by atoms with Crippen LogP contribution in [0.5, 0.6) is 0 Å². The Kier molecular flexibility index (Phi) is 6.51. The van der Waals surface area contributed by atoms with Crippen LogP contribution in [0.2, 0.25) is 0 Å². The van der Waals surface area contributed by atoms with E-state index in [1.165, 1.54) is 0 Å². The fourth-order valence-electron chi connectivity index (χ4n) is 3.94. The van der Waals surface area contributed by atoms with E-state index < -0.39 is 9.84 Å². The minimum absolute atomic E-state index is 0.0471. The highest BCUT2D eigenvalue weighted by atomic mass is 32.2. The first-order valence-electron chi connectivity index (χ1n) is 10.8. The van der Waals surface area contributed by atoms with Gasteiger partial charge in [-0.15, -0.1) is 0 Å². The highest BCUT2D eigenvalue weighted by Crippen LogP contribution is 2.30. The third-order valence-electron chi connectivity index (χ3n) is 5.56. The Balaban J connectivity index is 1.37. The minimum Gasteiger partial charge on any atom is -0.377 e. The molecule has 7 heteroatoms. The number of carbonyl (C=O) groups excluding carboxylic acids is 1. The lowest BCUT2D eigenvalue weighted by Gasteiger charge is -2.17. The standard InChI is InChI=1S/C26H27N3O3S/c1-29(2)24-12-5-11-23-22(24)10-6-13-25(23)33(31,32)17-7-16-27-26(30)28-21-15-14-19-8-3-4-9-20(19)18-21/h3-6,8-15,18H,7,16-17H2,1-2H3,(H2,27,28,30). The molecule has 0 spiro atoms. The van der Waals surface area contributed by atoms with Crippen LogP contribution in [0, 0.1) is 0 Å². The molecule has 0 saturated carbocycles. The van der Waals surface area contributed by atoms with E-state index >= 15 is 0 Å². The highest BCUT2D eigenvalue weighted by molar-refractivity contribution is 7.91. The van der Waals surface area contributed by atoms with Gasteiger partial charge in [-0.05, 0) is 41.5 Å². The van der Waals surface area contributed by atoms with Gasteiger partial charge in [-0.25, -0.2) is 13.2 Å². The molecule has 0 unspecified atom stereocenters. The number of nitrogens with one attached hydrogen (secondary N) is 2. The quantitative estimate of drug-likeness (QED) is 0.378. The van der Waals surface area contributed by atoms with Crippen molar-refractivity contribution < 1.29 is 13.2 Å². The van der Waals surface area contributed by atoms with E-state index in [1.54, 1.807) is 12.1 Å². The molecule has 0 bridgehead atoms. The Morgan fingerprint density at radius 3 is 2.36 bits per heavy atom. The molecular weight excluding hydrogens is 434 g/mol. The Morgan fingerprint density at radius 1 is 0.848 bits per heavy atom. The summed E-state index contributed by atoms with van der Waals surface area (Å²) < 4.78 is 26.1. The summed E-state index contributed by atoms with van der Waals surface area (Å²) in [4.78, 5) is 14.5. The first-order valence-corrected chi connectivity index (χ1v) is 12.5. The molecule has 6 nitrogen and oxygen atoms in total. The molecule has 2 N–H and O–H groups in total. The van der Waals surface area contributed by atoms with Crippen molar-refractivity contribution in [3.05, 3.63) is 78.9 Å². The van der Waals surface area contributed by atoms with E-state index in [9.17, 15) is 13.2 Å². The fraction of sp³-hybridized carbons (Fsp3) is 0.192. The number of nitrogens with zero attached hydrogens (tertiary/aromatic N) is 1. The van der Waals surface area contributed by atoms with Gasteiger partial charge in [0.1, 0.15) is 0 Å². The third-order valence-corrected chi connectivity index (χ3v) is 7.41. The summed E-state index contributed by atoms with van der Waals surface area (Å²) in [5.41, 5.74) is 1.66. The number of fused-ring (bicyclic) bond motifs is 2. The molecule has 33 heavy (non-hydrogen) atoms. The zero-order valence-electron chi connectivity index (χ0n) is 18.7. The van der Waals surface area contributed by atoms with Crippen LogP contribution >= 0.6 is 0 Å². The molecule has 0 aliphatic carbocycles. The molecule has 4 aromatic rings. The van der Waals surface area contributed by atoms with E-state index in [4.69, 9.17) is 0 Å². The normalized spacial score (nSPS) is 11.5. The number of urea groups is 1. The first-order chi connectivity index (χ1) is 15.8. The average molecular weight is 462 g/mol. The van der Waals surface area contributed by atoms with Crippen LogP contribution in [0.3, 0.4) is 0 Å². The molecule has 0 heterocycles. The Hall–Kier alpha value is -3.58. The Morgan fingerprint density at radius 2 is 1.58 bits per heavy atom. The monoisotopic (exact) mass is 461 g/mol. The zero-order valence-corrected chi connectivity index (χ0v) is 19.5. The number of sulfone groups is 1. The van der Waals surface area contributed by atoms with Gasteiger partial charge in [0.15, 0.2) is 9.84 Å². The van der Waals surface area contributed by atoms with Crippen molar-refractivity contribution in [3.8, 4) is 0 Å². The Labute approximate surface area is 194 Å². The van der Waals surface area contributed by atoms with E-state index in [0.29, 0.717) is 22.4 Å². The van der Waals surface area contributed by atoms with Gasteiger partial charge in [0.25, 0.3) is 0 Å². The van der Waals surface area contributed by atoms with Crippen LogP contribution < -0.4 is 15.5 Å². The van der Waals surface area contributed by atoms with Crippen LogP contribution in [-0.2, 0) is 9.84 Å². The maximum absolute atomic E-state index is 13.0. The lowest BCUT2D eigenvalue weighted by molar-refractivity contribution is 0.252. The molecule has 0 aliphatic rings. The summed E-state index contributed by atoms with van der Waals surface area (Å²) in [6.07, 6.45) is 0.317. The smallest absolute Gasteiger partial charge is 0.319 e. The Bertz CT molecular complexity index is 1420. The second-order valence-corrected chi connectivity index (χ2v) is 10.2. The summed E-state index contributed by atoms with van der Waals surface area (Å²) in [6.45, 7) is 0.256. The van der Waals surface area contributed by atoms with E-state index in [2.05, 4.69) is 10.6 Å². The maximum atomic E-state index is 13.0. The number of rotatable bonds is 7. The predicted octanol–water partition coefficient (Wildman–Crippen LogP) is 5.04. The number of carbonyl (C=O) groups is 1. The SMILES string of the molecule is CN(C)c1cccc2c(S(=O)(=O)CCCNC(=O)Nc3ccc4ccccc4c3)cccc12. The van der Waals surface area contributed by atoms with Gasteiger partial charge in [0.2, 0.25) is 0 Å².